The third-order valence-electron chi connectivity index (χ3n) is 7.99. The van der Waals surface area contributed by atoms with Gasteiger partial charge >= 0.3 is 137 Å². The molecule has 6 rings (SSSR count). The fourth-order valence-electron chi connectivity index (χ4n) is 5.14. The van der Waals surface area contributed by atoms with Crippen LogP contribution in [0, 0.1) is 29.4 Å². The van der Waals surface area contributed by atoms with Crippen LogP contribution in [-0.4, -0.2) is 3.21 Å². The maximum Gasteiger partial charge on any atom is -0.0253 e. The second kappa shape index (κ2) is 17.5. The quantitative estimate of drug-likeness (QED) is 0.167. The molecule has 49 heavy (non-hydrogen) atoms. The Morgan fingerprint density at radius 1 is 0.714 bits per heavy atom. The van der Waals surface area contributed by atoms with Gasteiger partial charge in [-0.1, -0.05) is 87.3 Å². The van der Waals surface area contributed by atoms with Crippen LogP contribution in [0.4, 0.5) is 26.3 Å². The summed E-state index contributed by atoms with van der Waals surface area (Å²) < 4.78 is 75.6. The molecule has 0 amide bonds. The topological polar surface area (TPSA) is 0 Å². The van der Waals surface area contributed by atoms with E-state index in [1.807, 2.05) is 6.07 Å². The van der Waals surface area contributed by atoms with Crippen LogP contribution in [-0.2, 0) is 43.0 Å². The Kier molecular flexibility index (Phi) is 15.1. The van der Waals surface area contributed by atoms with Crippen molar-refractivity contribution in [3.8, 4) is 11.1 Å². The zero-order chi connectivity index (χ0) is 34.6. The molecule has 258 valence electrons. The average molecular weight is 793 g/mol. The Bertz CT molecular complexity index is 1640. The van der Waals surface area contributed by atoms with Crippen LogP contribution in [0.15, 0.2) is 109 Å². The second-order valence-corrected chi connectivity index (χ2v) is 14.1. The van der Waals surface area contributed by atoms with Crippen LogP contribution >= 0.6 is 0 Å². The molecule has 0 radical (unpaired) electrons. The molecule has 0 saturated carbocycles. The van der Waals surface area contributed by atoms with Crippen molar-refractivity contribution in [2.75, 3.05) is 0 Å². The van der Waals surface area contributed by atoms with Crippen molar-refractivity contribution in [2.24, 2.45) is 17.3 Å². The SMILES string of the molecule is CC(C)C1[C-]=CC(C(C)(C)C)=C1.FC(F)(F)c1ccc([C](=[Zr+2])c2ccc(C(F)(F)F)cc2)cc1.[Cl-].[Cl-].[c-]1cccc2c1Cc1ccccc1-2. The molecule has 0 heterocycles. The molecule has 0 aliphatic heterocycles. The van der Waals surface area contributed by atoms with Crippen LogP contribution < -0.4 is 24.8 Å². The van der Waals surface area contributed by atoms with Gasteiger partial charge in [-0.3, -0.25) is 6.08 Å². The van der Waals surface area contributed by atoms with Crippen molar-refractivity contribution in [1.82, 2.24) is 0 Å². The minimum Gasteiger partial charge on any atom is -1.00 e. The number of benzene rings is 4. The van der Waals surface area contributed by atoms with E-state index in [2.05, 4.69) is 95.3 Å². The molecule has 0 saturated heterocycles. The van der Waals surface area contributed by atoms with Gasteiger partial charge in [-0.05, 0) is 6.42 Å². The zero-order valence-corrected chi connectivity index (χ0v) is 31.7. The molecule has 1 atom stereocenters. The summed E-state index contributed by atoms with van der Waals surface area (Å²) in [6.45, 7) is 11.2. The number of hydrogen-bond acceptors (Lipinski definition) is 0. The van der Waals surface area contributed by atoms with Crippen LogP contribution in [0.5, 0.6) is 0 Å². The summed E-state index contributed by atoms with van der Waals surface area (Å²) in [5.74, 6) is 1.22. The van der Waals surface area contributed by atoms with Crippen molar-refractivity contribution in [2.45, 2.75) is 53.4 Å². The van der Waals surface area contributed by atoms with Gasteiger partial charge in [-0.2, -0.15) is 41.5 Å². The van der Waals surface area contributed by atoms with E-state index < -0.39 is 23.5 Å². The number of rotatable bonds is 3. The Morgan fingerprint density at radius 3 is 1.63 bits per heavy atom. The normalized spacial score (nSPS) is 14.6. The molecule has 0 nitrogen and oxygen atoms in total. The summed E-state index contributed by atoms with van der Waals surface area (Å²) in [5.41, 5.74) is 6.84. The molecule has 4 aromatic rings. The third kappa shape index (κ3) is 11.4. The van der Waals surface area contributed by atoms with E-state index in [1.54, 1.807) is 0 Å². The van der Waals surface area contributed by atoms with Gasteiger partial charge < -0.3 is 24.8 Å². The number of halogens is 8. The number of alkyl halides is 6. The van der Waals surface area contributed by atoms with Crippen molar-refractivity contribution in [1.29, 1.82) is 0 Å². The molecule has 4 aromatic carbocycles. The maximum atomic E-state index is 12.5. The molecule has 0 spiro atoms. The largest absolute Gasteiger partial charge is 1.00 e. The van der Waals surface area contributed by atoms with Gasteiger partial charge in [-0.25, -0.2) is 6.08 Å². The number of fused-ring (bicyclic) bond motifs is 3. The molecular weight excluding hydrogens is 757 g/mol. The van der Waals surface area contributed by atoms with Gasteiger partial charge in [-0.15, -0.1) is 5.56 Å². The van der Waals surface area contributed by atoms with E-state index in [0.717, 1.165) is 54.9 Å². The summed E-state index contributed by atoms with van der Waals surface area (Å²) in [6, 6.07) is 27.3. The molecule has 0 N–H and O–H groups in total. The summed E-state index contributed by atoms with van der Waals surface area (Å²) in [7, 11) is 0. The van der Waals surface area contributed by atoms with Crippen molar-refractivity contribution < 1.29 is 75.4 Å². The van der Waals surface area contributed by atoms with Crippen LogP contribution in [0.1, 0.15) is 68.0 Å². The average Bonchev–Trinajstić information content (AvgIpc) is 3.67. The van der Waals surface area contributed by atoms with Crippen molar-refractivity contribution >= 4 is 3.21 Å². The predicted molar refractivity (Wildman–Crippen MR) is 173 cm³/mol. The summed E-state index contributed by atoms with van der Waals surface area (Å²) in [6.07, 6.45) is 0.135. The second-order valence-electron chi connectivity index (χ2n) is 12.9. The van der Waals surface area contributed by atoms with Crippen molar-refractivity contribution in [3.63, 3.8) is 0 Å². The Hall–Kier alpha value is -2.73. The molecule has 0 aromatic heterocycles. The van der Waals surface area contributed by atoms with E-state index >= 15 is 0 Å². The minimum absolute atomic E-state index is 0. The van der Waals surface area contributed by atoms with E-state index in [-0.39, 0.29) is 30.2 Å². The predicted octanol–water partition coefficient (Wildman–Crippen LogP) is 5.51. The molecular formula is C40H36Cl2F6Zr-2. The molecule has 2 aliphatic carbocycles. The molecule has 9 heteroatoms. The fourth-order valence-corrected chi connectivity index (χ4v) is 5.96. The third-order valence-corrected chi connectivity index (χ3v) is 9.41. The monoisotopic (exact) mass is 790 g/mol. The van der Waals surface area contributed by atoms with E-state index in [1.165, 1.54) is 52.1 Å². The van der Waals surface area contributed by atoms with Gasteiger partial charge in [0.05, 0.1) is 0 Å². The maximum absolute atomic E-state index is 12.5. The van der Waals surface area contributed by atoms with E-state index in [4.69, 9.17) is 0 Å². The van der Waals surface area contributed by atoms with Gasteiger partial charge in [0.15, 0.2) is 0 Å². The summed E-state index contributed by atoms with van der Waals surface area (Å²) >= 11 is 0.898. The molecule has 0 fully saturated rings. The van der Waals surface area contributed by atoms with Crippen molar-refractivity contribution in [3.05, 3.63) is 154 Å². The first-order chi connectivity index (χ1) is 21.9. The first-order valence-electron chi connectivity index (χ1n) is 15.3. The smallest absolute Gasteiger partial charge is 0.0253 e. The van der Waals surface area contributed by atoms with Gasteiger partial charge in [0.25, 0.3) is 0 Å². The van der Waals surface area contributed by atoms with Gasteiger partial charge in [0.1, 0.15) is 0 Å². The van der Waals surface area contributed by atoms with Crippen LogP contribution in [0.3, 0.4) is 0 Å². The summed E-state index contributed by atoms with van der Waals surface area (Å²) in [5, 5.41) is 0. The number of hydrogen-bond donors (Lipinski definition) is 0. The van der Waals surface area contributed by atoms with Crippen LogP contribution in [0.2, 0.25) is 0 Å². The van der Waals surface area contributed by atoms with Gasteiger partial charge in [0, 0.05) is 0 Å². The minimum atomic E-state index is -4.41. The van der Waals surface area contributed by atoms with E-state index in [9.17, 15) is 26.3 Å². The fraction of sp³-hybridized carbons (Fsp3) is 0.275. The first kappa shape index (κ1) is 42.4. The van der Waals surface area contributed by atoms with Gasteiger partial charge in [0.2, 0.25) is 0 Å². The Morgan fingerprint density at radius 2 is 1.20 bits per heavy atom. The zero-order valence-electron chi connectivity index (χ0n) is 27.7. The molecule has 1 unspecified atom stereocenters. The summed E-state index contributed by atoms with van der Waals surface area (Å²) in [4.78, 5) is 0. The Labute approximate surface area is 312 Å². The molecule has 0 bridgehead atoms. The first-order valence-corrected chi connectivity index (χ1v) is 16.5. The standard InChI is InChI=1S/C15H8F6.C13H9.C12H19.2ClH.Zr/c16-14(17,18)12-5-1-10(2-6-12)9-11-3-7-13(8-4-11)15(19,20)21;1-3-7-12-10(5-1)9-11-6-2-4-8-13(11)12;1-9(2)10-6-7-11(8-10)12(3,4)5;;;/h1-8H;1-5,7-8H,9H2;7-10H,1-5H3;2*1H;/q;2*-1;;;+2/p-2. The van der Waals surface area contributed by atoms with E-state index in [0.29, 0.717) is 26.2 Å². The van der Waals surface area contributed by atoms with Crippen LogP contribution in [0.25, 0.3) is 11.1 Å². The number of allylic oxidation sites excluding steroid dienone is 4. The molecule has 2 aliphatic rings. The Balaban J connectivity index is 0.000000265.